The first-order chi connectivity index (χ1) is 14.3. The highest BCUT2D eigenvalue weighted by atomic mass is 32.1. The van der Waals surface area contributed by atoms with E-state index in [4.69, 9.17) is 4.98 Å². The van der Waals surface area contributed by atoms with E-state index < -0.39 is 0 Å². The minimum Gasteiger partial charge on any atom is -0.339 e. The molecule has 1 fully saturated rings. The molecule has 0 spiro atoms. The van der Waals surface area contributed by atoms with Gasteiger partial charge < -0.3 is 9.80 Å². The number of hydrogen-bond acceptors (Lipinski definition) is 7. The van der Waals surface area contributed by atoms with Gasteiger partial charge in [-0.3, -0.25) is 9.36 Å². The summed E-state index contributed by atoms with van der Waals surface area (Å²) in [6, 6.07) is 1.84. The molecule has 0 atom stereocenters. The average molecular weight is 411 g/mol. The smallest absolute Gasteiger partial charge is 0.263 e. The molecule has 152 valence electrons. The summed E-state index contributed by atoms with van der Waals surface area (Å²) in [6.07, 6.45) is 8.99. The number of fused-ring (bicyclic) bond motifs is 3. The molecule has 4 heterocycles. The molecule has 1 saturated heterocycles. The van der Waals surface area contributed by atoms with Gasteiger partial charge in [0.15, 0.2) is 0 Å². The number of nitrogens with zero attached hydrogens (tertiary/aromatic N) is 6. The highest BCUT2D eigenvalue weighted by Crippen LogP contribution is 2.34. The second kappa shape index (κ2) is 7.74. The maximum Gasteiger partial charge on any atom is 0.263 e. The van der Waals surface area contributed by atoms with E-state index in [1.165, 1.54) is 23.3 Å². The van der Waals surface area contributed by atoms with Gasteiger partial charge in [0.1, 0.15) is 4.83 Å². The zero-order valence-corrected chi connectivity index (χ0v) is 17.6. The molecule has 8 heteroatoms. The third-order valence-electron chi connectivity index (χ3n) is 5.90. The first-order valence-corrected chi connectivity index (χ1v) is 11.4. The molecule has 0 saturated carbocycles. The molecule has 0 bridgehead atoms. The number of rotatable bonds is 4. The van der Waals surface area contributed by atoms with Gasteiger partial charge in [-0.05, 0) is 43.7 Å². The van der Waals surface area contributed by atoms with Gasteiger partial charge in [-0.15, -0.1) is 11.3 Å². The minimum atomic E-state index is 0.153. The van der Waals surface area contributed by atoms with Crippen LogP contribution in [0.25, 0.3) is 10.2 Å². The molecule has 0 N–H and O–H groups in total. The summed E-state index contributed by atoms with van der Waals surface area (Å²) in [6.45, 7) is 6.10. The van der Waals surface area contributed by atoms with Crippen LogP contribution in [0.2, 0.25) is 0 Å². The molecule has 29 heavy (non-hydrogen) atoms. The maximum atomic E-state index is 13.5. The van der Waals surface area contributed by atoms with E-state index in [2.05, 4.69) is 26.7 Å². The van der Waals surface area contributed by atoms with Crippen LogP contribution in [0.3, 0.4) is 0 Å². The lowest BCUT2D eigenvalue weighted by Gasteiger charge is -2.36. The average Bonchev–Trinajstić information content (AvgIpc) is 3.15. The standard InChI is InChI=1S/C21H26N6OS/c1-2-10-27-19(28)17-15-6-3-4-7-16(15)29-18(17)24-21(27)26-13-11-25(12-14-26)20-22-8-5-9-23-20/h5,8-9H,2-4,6-7,10-14H2,1H3. The Morgan fingerprint density at radius 1 is 1.03 bits per heavy atom. The largest absolute Gasteiger partial charge is 0.339 e. The van der Waals surface area contributed by atoms with Crippen LogP contribution in [-0.4, -0.2) is 45.7 Å². The number of thiophene rings is 1. The van der Waals surface area contributed by atoms with Gasteiger partial charge >= 0.3 is 0 Å². The lowest BCUT2D eigenvalue weighted by atomic mass is 9.97. The Hall–Kier alpha value is -2.48. The summed E-state index contributed by atoms with van der Waals surface area (Å²) in [5.74, 6) is 1.60. The van der Waals surface area contributed by atoms with Gasteiger partial charge in [-0.2, -0.15) is 0 Å². The normalized spacial score (nSPS) is 17.0. The van der Waals surface area contributed by atoms with Gasteiger partial charge in [0, 0.05) is 50.0 Å². The Labute approximate surface area is 174 Å². The van der Waals surface area contributed by atoms with Gasteiger partial charge in [0.05, 0.1) is 5.39 Å². The van der Waals surface area contributed by atoms with Crippen molar-refractivity contribution in [1.29, 1.82) is 0 Å². The van der Waals surface area contributed by atoms with Crippen molar-refractivity contribution in [1.82, 2.24) is 19.5 Å². The fraction of sp³-hybridized carbons (Fsp3) is 0.524. The summed E-state index contributed by atoms with van der Waals surface area (Å²) in [5, 5.41) is 0.887. The van der Waals surface area contributed by atoms with Crippen molar-refractivity contribution >= 4 is 33.5 Å². The van der Waals surface area contributed by atoms with E-state index in [0.29, 0.717) is 6.54 Å². The number of hydrogen-bond donors (Lipinski definition) is 0. The second-order valence-corrected chi connectivity index (χ2v) is 8.87. The molecule has 1 aliphatic heterocycles. The van der Waals surface area contributed by atoms with E-state index in [0.717, 1.165) is 67.6 Å². The fourth-order valence-electron chi connectivity index (χ4n) is 4.46. The highest BCUT2D eigenvalue weighted by Gasteiger charge is 2.26. The van der Waals surface area contributed by atoms with E-state index in [-0.39, 0.29) is 5.56 Å². The second-order valence-electron chi connectivity index (χ2n) is 7.78. The van der Waals surface area contributed by atoms with Crippen LogP contribution in [0, 0.1) is 0 Å². The predicted molar refractivity (Wildman–Crippen MR) is 117 cm³/mol. The maximum absolute atomic E-state index is 13.5. The first kappa shape index (κ1) is 18.5. The molecular weight excluding hydrogens is 384 g/mol. The van der Waals surface area contributed by atoms with Crippen LogP contribution < -0.4 is 15.4 Å². The van der Waals surface area contributed by atoms with E-state index >= 15 is 0 Å². The van der Waals surface area contributed by atoms with Crippen molar-refractivity contribution in [3.8, 4) is 0 Å². The molecule has 7 nitrogen and oxygen atoms in total. The van der Waals surface area contributed by atoms with Gasteiger partial charge in [-0.25, -0.2) is 15.0 Å². The summed E-state index contributed by atoms with van der Waals surface area (Å²) in [4.78, 5) is 34.0. The third-order valence-corrected chi connectivity index (χ3v) is 7.09. The van der Waals surface area contributed by atoms with Crippen molar-refractivity contribution in [2.75, 3.05) is 36.0 Å². The summed E-state index contributed by atoms with van der Waals surface area (Å²) < 4.78 is 1.92. The summed E-state index contributed by atoms with van der Waals surface area (Å²) in [5.41, 5.74) is 1.43. The zero-order valence-electron chi connectivity index (χ0n) is 16.8. The molecule has 0 unspecified atom stereocenters. The molecule has 0 radical (unpaired) electrons. The Morgan fingerprint density at radius 2 is 1.76 bits per heavy atom. The number of aromatic nitrogens is 4. The Kier molecular flexibility index (Phi) is 4.95. The van der Waals surface area contributed by atoms with Crippen LogP contribution in [0.5, 0.6) is 0 Å². The van der Waals surface area contributed by atoms with Gasteiger partial charge in [0.2, 0.25) is 11.9 Å². The monoisotopic (exact) mass is 410 g/mol. The third kappa shape index (κ3) is 3.29. The Balaban J connectivity index is 1.50. The highest BCUT2D eigenvalue weighted by molar-refractivity contribution is 7.18. The van der Waals surface area contributed by atoms with Crippen LogP contribution >= 0.6 is 11.3 Å². The number of piperazine rings is 1. The van der Waals surface area contributed by atoms with Crippen LogP contribution in [0.1, 0.15) is 36.6 Å². The molecule has 3 aromatic rings. The summed E-state index contributed by atoms with van der Waals surface area (Å²) in [7, 11) is 0. The molecule has 5 rings (SSSR count). The number of aryl methyl sites for hydroxylation is 2. The predicted octanol–water partition coefficient (Wildman–Crippen LogP) is 2.86. The Bertz CT molecular complexity index is 1070. The van der Waals surface area contributed by atoms with E-state index in [9.17, 15) is 4.79 Å². The van der Waals surface area contributed by atoms with Crippen LogP contribution in [-0.2, 0) is 19.4 Å². The van der Waals surface area contributed by atoms with Crippen LogP contribution in [0.4, 0.5) is 11.9 Å². The fourth-order valence-corrected chi connectivity index (χ4v) is 5.70. The lowest BCUT2D eigenvalue weighted by molar-refractivity contribution is 0.582. The van der Waals surface area contributed by atoms with E-state index in [1.54, 1.807) is 23.7 Å². The molecule has 0 amide bonds. The molecule has 0 aromatic carbocycles. The van der Waals surface area contributed by atoms with Crippen molar-refractivity contribution in [3.63, 3.8) is 0 Å². The lowest BCUT2D eigenvalue weighted by Crippen LogP contribution is -2.49. The van der Waals surface area contributed by atoms with Crippen molar-refractivity contribution in [2.45, 2.75) is 45.6 Å². The summed E-state index contributed by atoms with van der Waals surface area (Å²) >= 11 is 1.73. The van der Waals surface area contributed by atoms with E-state index in [1.807, 2.05) is 10.6 Å². The van der Waals surface area contributed by atoms with Crippen molar-refractivity contribution in [3.05, 3.63) is 39.3 Å². The quantitative estimate of drug-likeness (QED) is 0.659. The Morgan fingerprint density at radius 3 is 2.52 bits per heavy atom. The zero-order chi connectivity index (χ0) is 19.8. The van der Waals surface area contributed by atoms with Crippen molar-refractivity contribution in [2.24, 2.45) is 0 Å². The SMILES string of the molecule is CCCn1c(N2CCN(c3ncccn3)CC2)nc2sc3c(c2c1=O)CCCC3. The first-order valence-electron chi connectivity index (χ1n) is 10.6. The van der Waals surface area contributed by atoms with Crippen LogP contribution in [0.15, 0.2) is 23.3 Å². The molecule has 2 aliphatic rings. The molecule has 3 aromatic heterocycles. The minimum absolute atomic E-state index is 0.153. The van der Waals surface area contributed by atoms with Gasteiger partial charge in [0.25, 0.3) is 5.56 Å². The molecular formula is C21H26N6OS. The van der Waals surface area contributed by atoms with Crippen molar-refractivity contribution < 1.29 is 0 Å². The molecule has 1 aliphatic carbocycles. The topological polar surface area (TPSA) is 67.2 Å². The van der Waals surface area contributed by atoms with Gasteiger partial charge in [-0.1, -0.05) is 6.92 Å². The number of anilines is 2.